The molecule has 0 spiro atoms. The van der Waals surface area contributed by atoms with Crippen LogP contribution in [0.5, 0.6) is 17.2 Å². The highest BCUT2D eigenvalue weighted by atomic mass is 35.5. The average molecular weight is 635 g/mol. The standard InChI is InChI=1S/C30H34N2O11.ClH/c1-12-25(35)16(32-19(34)7-8-31)9-20(42-12)43-18-11-30(40,13(2)33)10-15-22(18)29(39)24-23(27(15)37)26(36)14-5-4-6-17(41-3)21(14)28(24)38;/h4-6,12,16,18,20,25,35,37,39-40H,7-11,31H2,1-3H3,(H,32,34);1H. The summed E-state index contributed by atoms with van der Waals surface area (Å²) in [5, 5.41) is 47.7. The largest absolute Gasteiger partial charge is 0.507 e. The van der Waals surface area contributed by atoms with Crippen molar-refractivity contribution in [3.8, 4) is 17.2 Å². The molecule has 1 amide bonds. The Labute approximate surface area is 258 Å². The lowest BCUT2D eigenvalue weighted by Gasteiger charge is -2.42. The van der Waals surface area contributed by atoms with Gasteiger partial charge in [-0.2, -0.15) is 0 Å². The van der Waals surface area contributed by atoms with Crippen LogP contribution in [0.4, 0.5) is 0 Å². The molecule has 1 saturated heterocycles. The van der Waals surface area contributed by atoms with Crippen LogP contribution in [0.25, 0.3) is 0 Å². The van der Waals surface area contributed by atoms with Gasteiger partial charge in [0.15, 0.2) is 17.9 Å². The van der Waals surface area contributed by atoms with Crippen LogP contribution in [0.2, 0.25) is 0 Å². The maximum absolute atomic E-state index is 13.8. The van der Waals surface area contributed by atoms with Crippen molar-refractivity contribution >= 4 is 35.7 Å². The Morgan fingerprint density at radius 1 is 1.14 bits per heavy atom. The molecule has 1 fully saturated rings. The molecule has 0 aromatic heterocycles. The van der Waals surface area contributed by atoms with E-state index in [1.54, 1.807) is 6.92 Å². The number of rotatable bonds is 7. The van der Waals surface area contributed by atoms with Crippen molar-refractivity contribution in [3.05, 3.63) is 51.6 Å². The highest BCUT2D eigenvalue weighted by Gasteiger charge is 2.49. The molecule has 6 atom stereocenters. The zero-order valence-electron chi connectivity index (χ0n) is 24.3. The van der Waals surface area contributed by atoms with E-state index in [4.69, 9.17) is 19.9 Å². The Bertz CT molecular complexity index is 1530. The van der Waals surface area contributed by atoms with Crippen molar-refractivity contribution in [2.45, 2.75) is 75.8 Å². The molecule has 2 aromatic carbocycles. The number of nitrogens with two attached hydrogens (primary N) is 1. The number of halogens is 1. The molecule has 44 heavy (non-hydrogen) atoms. The molecule has 1 aliphatic heterocycles. The molecule has 0 bridgehead atoms. The summed E-state index contributed by atoms with van der Waals surface area (Å²) in [6.07, 6.45) is -5.20. The first-order valence-electron chi connectivity index (χ1n) is 13.9. The molecule has 0 radical (unpaired) electrons. The Morgan fingerprint density at radius 2 is 1.82 bits per heavy atom. The maximum Gasteiger partial charge on any atom is 0.221 e. The number of amides is 1. The number of aromatic hydroxyl groups is 2. The summed E-state index contributed by atoms with van der Waals surface area (Å²) in [5.74, 6) is -3.77. The fourth-order valence-corrected chi connectivity index (χ4v) is 6.18. The van der Waals surface area contributed by atoms with Gasteiger partial charge >= 0.3 is 0 Å². The number of nitrogens with one attached hydrogen (secondary N) is 1. The Balaban J connectivity index is 0.00000442. The van der Waals surface area contributed by atoms with E-state index in [1.807, 2.05) is 0 Å². The number of methoxy groups -OCH3 is 1. The molecule has 13 nitrogen and oxygen atoms in total. The van der Waals surface area contributed by atoms with Crippen molar-refractivity contribution in [2.75, 3.05) is 13.7 Å². The first-order chi connectivity index (χ1) is 20.3. The van der Waals surface area contributed by atoms with Crippen molar-refractivity contribution < 1.29 is 53.8 Å². The summed E-state index contributed by atoms with van der Waals surface area (Å²) >= 11 is 0. The molecule has 0 saturated carbocycles. The molecule has 6 unspecified atom stereocenters. The Hall–Kier alpha value is -3.59. The number of carbonyl (C=O) groups excluding carboxylic acids is 4. The molecule has 3 aliphatic rings. The first-order valence-corrected chi connectivity index (χ1v) is 13.9. The van der Waals surface area contributed by atoms with E-state index in [-0.39, 0.29) is 72.1 Å². The molecule has 2 aliphatic carbocycles. The average Bonchev–Trinajstić information content (AvgIpc) is 2.95. The van der Waals surface area contributed by atoms with E-state index < -0.39 is 82.6 Å². The van der Waals surface area contributed by atoms with Crippen LogP contribution >= 0.6 is 12.4 Å². The second-order valence-corrected chi connectivity index (χ2v) is 11.2. The van der Waals surface area contributed by atoms with E-state index in [2.05, 4.69) is 5.32 Å². The highest BCUT2D eigenvalue weighted by Crippen LogP contribution is 2.52. The van der Waals surface area contributed by atoms with Crippen LogP contribution in [-0.2, 0) is 25.5 Å². The molecule has 14 heteroatoms. The molecular weight excluding hydrogens is 600 g/mol. The van der Waals surface area contributed by atoms with E-state index in [9.17, 15) is 39.6 Å². The number of Topliss-reactive ketones (excluding diaryl/α,β-unsaturated/α-hetero) is 1. The number of ketones is 3. The molecule has 7 N–H and O–H groups in total. The van der Waals surface area contributed by atoms with Gasteiger partial charge < -0.3 is 45.7 Å². The predicted molar refractivity (Wildman–Crippen MR) is 155 cm³/mol. The van der Waals surface area contributed by atoms with Gasteiger partial charge in [0.1, 0.15) is 29.0 Å². The summed E-state index contributed by atoms with van der Waals surface area (Å²) in [6.45, 7) is 2.83. The SMILES string of the molecule is COc1cccc2c1C(=O)c1c(O)c3c(c(O)c1C2=O)CC(O)(C(C)=O)CC3OC1CC(NC(=O)CCN)C(O)C(C)O1.Cl. The van der Waals surface area contributed by atoms with Gasteiger partial charge in [-0.05, 0) is 19.9 Å². The minimum Gasteiger partial charge on any atom is -0.507 e. The normalized spacial score (nSPS) is 27.4. The number of aliphatic hydroxyl groups excluding tert-OH is 1. The highest BCUT2D eigenvalue weighted by molar-refractivity contribution is 6.31. The second-order valence-electron chi connectivity index (χ2n) is 11.2. The Morgan fingerprint density at radius 3 is 2.45 bits per heavy atom. The summed E-state index contributed by atoms with van der Waals surface area (Å²) in [4.78, 5) is 52.2. The molecule has 1 heterocycles. The predicted octanol–water partition coefficient (Wildman–Crippen LogP) is 0.957. The number of carbonyl (C=O) groups is 4. The number of benzene rings is 2. The lowest BCUT2D eigenvalue weighted by Crippen LogP contribution is -2.55. The van der Waals surface area contributed by atoms with Crippen molar-refractivity contribution in [1.29, 1.82) is 0 Å². The number of phenolic OH excluding ortho intramolecular Hbond substituents is 2. The lowest BCUT2D eigenvalue weighted by molar-refractivity contribution is -0.249. The molecule has 2 aromatic rings. The van der Waals surface area contributed by atoms with Crippen molar-refractivity contribution in [3.63, 3.8) is 0 Å². The fourth-order valence-electron chi connectivity index (χ4n) is 6.18. The summed E-state index contributed by atoms with van der Waals surface area (Å²) in [7, 11) is 1.33. The molecule has 238 valence electrons. The number of ether oxygens (including phenoxy) is 3. The van der Waals surface area contributed by atoms with Crippen LogP contribution < -0.4 is 15.8 Å². The van der Waals surface area contributed by atoms with Gasteiger partial charge in [-0.25, -0.2) is 0 Å². The molecule has 5 rings (SSSR count). The smallest absolute Gasteiger partial charge is 0.221 e. The van der Waals surface area contributed by atoms with E-state index in [1.165, 1.54) is 25.3 Å². The lowest BCUT2D eigenvalue weighted by atomic mass is 9.72. The fraction of sp³-hybridized carbons (Fsp3) is 0.467. The van der Waals surface area contributed by atoms with E-state index in [0.29, 0.717) is 0 Å². The van der Waals surface area contributed by atoms with Crippen LogP contribution in [0.3, 0.4) is 0 Å². The van der Waals surface area contributed by atoms with Crippen LogP contribution in [0.15, 0.2) is 18.2 Å². The summed E-state index contributed by atoms with van der Waals surface area (Å²) < 4.78 is 17.3. The number of fused-ring (bicyclic) bond motifs is 3. The topological polar surface area (TPSA) is 215 Å². The second kappa shape index (κ2) is 12.4. The van der Waals surface area contributed by atoms with Crippen molar-refractivity contribution in [1.82, 2.24) is 5.32 Å². The maximum atomic E-state index is 13.8. The number of phenols is 2. The quantitative estimate of drug-likeness (QED) is 0.200. The number of hydrogen-bond acceptors (Lipinski definition) is 12. The van der Waals surface area contributed by atoms with Gasteiger partial charge in [0, 0.05) is 48.9 Å². The Kier molecular flexibility index (Phi) is 9.40. The van der Waals surface area contributed by atoms with E-state index >= 15 is 0 Å². The zero-order valence-corrected chi connectivity index (χ0v) is 25.1. The third-order valence-electron chi connectivity index (χ3n) is 8.47. The van der Waals surface area contributed by atoms with Gasteiger partial charge in [0.2, 0.25) is 11.7 Å². The van der Waals surface area contributed by atoms with E-state index in [0.717, 1.165) is 6.92 Å². The van der Waals surface area contributed by atoms with Crippen LogP contribution in [0.1, 0.15) is 82.2 Å². The monoisotopic (exact) mass is 634 g/mol. The number of aliphatic hydroxyl groups is 2. The third-order valence-corrected chi connectivity index (χ3v) is 8.47. The van der Waals surface area contributed by atoms with Gasteiger partial charge in [-0.15, -0.1) is 12.4 Å². The van der Waals surface area contributed by atoms with Gasteiger partial charge in [-0.3, -0.25) is 19.2 Å². The minimum atomic E-state index is -2.06. The first kappa shape index (κ1) is 33.3. The van der Waals surface area contributed by atoms with Gasteiger partial charge in [-0.1, -0.05) is 12.1 Å². The summed E-state index contributed by atoms with van der Waals surface area (Å²) in [6, 6.07) is 3.60. The van der Waals surface area contributed by atoms with Gasteiger partial charge in [0.25, 0.3) is 0 Å². The van der Waals surface area contributed by atoms with Gasteiger partial charge in [0.05, 0.1) is 42.0 Å². The molecular formula is C30H35ClN2O11. The van der Waals surface area contributed by atoms with Crippen LogP contribution in [0, 0.1) is 0 Å². The van der Waals surface area contributed by atoms with Crippen molar-refractivity contribution in [2.24, 2.45) is 5.73 Å². The third kappa shape index (κ3) is 5.44. The number of hydrogen-bond donors (Lipinski definition) is 6. The minimum absolute atomic E-state index is 0. The van der Waals surface area contributed by atoms with Crippen LogP contribution in [-0.4, -0.2) is 87.5 Å². The zero-order chi connectivity index (χ0) is 31.4. The summed E-state index contributed by atoms with van der Waals surface area (Å²) in [5.41, 5.74) is 2.14.